The standard InChI is InChI=1S/C11H15ClN2O2S2/c1-18(15,16)11-8-17-5-4-14(11)10-6-9(7-12)2-3-13-10/h2-3,6,11H,4-5,7-8H2,1H3. The second-order valence-electron chi connectivity index (χ2n) is 4.21. The van der Waals surface area contributed by atoms with E-state index in [1.54, 1.807) is 18.0 Å². The molecule has 7 heteroatoms. The van der Waals surface area contributed by atoms with Crippen LogP contribution in [-0.4, -0.2) is 43.1 Å². The maximum atomic E-state index is 11.8. The molecule has 0 bridgehead atoms. The van der Waals surface area contributed by atoms with Crippen molar-refractivity contribution in [1.29, 1.82) is 0 Å². The maximum Gasteiger partial charge on any atom is 0.169 e. The van der Waals surface area contributed by atoms with Gasteiger partial charge in [0.15, 0.2) is 9.84 Å². The zero-order chi connectivity index (χ0) is 13.2. The molecule has 1 aromatic rings. The molecule has 2 rings (SSSR count). The summed E-state index contributed by atoms with van der Waals surface area (Å²) in [6.07, 6.45) is 2.95. The number of hydrogen-bond donors (Lipinski definition) is 0. The van der Waals surface area contributed by atoms with Gasteiger partial charge in [0, 0.05) is 36.4 Å². The van der Waals surface area contributed by atoms with Crippen molar-refractivity contribution in [2.75, 3.05) is 29.2 Å². The van der Waals surface area contributed by atoms with Crippen molar-refractivity contribution in [3.8, 4) is 0 Å². The highest BCUT2D eigenvalue weighted by Crippen LogP contribution is 2.25. The summed E-state index contributed by atoms with van der Waals surface area (Å²) in [5.74, 6) is 2.61. The Morgan fingerprint density at radius 1 is 1.61 bits per heavy atom. The average Bonchev–Trinajstić information content (AvgIpc) is 2.38. The highest BCUT2D eigenvalue weighted by Gasteiger charge is 2.31. The summed E-state index contributed by atoms with van der Waals surface area (Å²) in [5.41, 5.74) is 0.951. The lowest BCUT2D eigenvalue weighted by Crippen LogP contribution is -2.47. The second kappa shape index (κ2) is 5.67. The van der Waals surface area contributed by atoms with Crippen LogP contribution in [0.4, 0.5) is 5.82 Å². The van der Waals surface area contributed by atoms with Crippen molar-refractivity contribution < 1.29 is 8.42 Å². The van der Waals surface area contributed by atoms with Crippen molar-refractivity contribution in [2.24, 2.45) is 0 Å². The van der Waals surface area contributed by atoms with Crippen LogP contribution in [-0.2, 0) is 15.7 Å². The maximum absolute atomic E-state index is 11.8. The molecule has 0 aromatic carbocycles. The van der Waals surface area contributed by atoms with Gasteiger partial charge in [0.25, 0.3) is 0 Å². The number of sulfone groups is 1. The number of rotatable bonds is 3. The van der Waals surface area contributed by atoms with Crippen molar-refractivity contribution in [3.63, 3.8) is 0 Å². The Labute approximate surface area is 117 Å². The van der Waals surface area contributed by atoms with E-state index in [-0.39, 0.29) is 0 Å². The number of nitrogens with zero attached hydrogens (tertiary/aromatic N) is 2. The van der Waals surface area contributed by atoms with Gasteiger partial charge >= 0.3 is 0 Å². The number of aromatic nitrogens is 1. The molecule has 1 unspecified atom stereocenters. The predicted molar refractivity (Wildman–Crippen MR) is 77.1 cm³/mol. The average molecular weight is 307 g/mol. The molecule has 0 spiro atoms. The Balaban J connectivity index is 2.33. The van der Waals surface area contributed by atoms with E-state index in [9.17, 15) is 8.42 Å². The molecule has 0 radical (unpaired) electrons. The van der Waals surface area contributed by atoms with Crippen LogP contribution in [0.15, 0.2) is 18.3 Å². The first-order valence-corrected chi connectivity index (χ1v) is 9.21. The normalized spacial score (nSPS) is 21.0. The first-order chi connectivity index (χ1) is 8.52. The number of halogens is 1. The highest BCUT2D eigenvalue weighted by molar-refractivity contribution is 8.01. The van der Waals surface area contributed by atoms with Crippen molar-refractivity contribution >= 4 is 39.0 Å². The summed E-state index contributed by atoms with van der Waals surface area (Å²) in [5, 5.41) is -0.491. The second-order valence-corrected chi connectivity index (χ2v) is 7.83. The van der Waals surface area contributed by atoms with Crippen LogP contribution >= 0.6 is 23.4 Å². The minimum atomic E-state index is -3.11. The summed E-state index contributed by atoms with van der Waals surface area (Å²) >= 11 is 7.46. The molecule has 0 aliphatic carbocycles. The van der Waals surface area contributed by atoms with Gasteiger partial charge in [-0.3, -0.25) is 0 Å². The molecule has 1 saturated heterocycles. The summed E-state index contributed by atoms with van der Waals surface area (Å²) in [7, 11) is -3.11. The molecule has 4 nitrogen and oxygen atoms in total. The number of thioether (sulfide) groups is 1. The van der Waals surface area contributed by atoms with Crippen LogP contribution in [0.25, 0.3) is 0 Å². The lowest BCUT2D eigenvalue weighted by molar-refractivity contribution is 0.583. The Kier molecular flexibility index (Phi) is 4.40. The van der Waals surface area contributed by atoms with Gasteiger partial charge < -0.3 is 4.90 Å². The topological polar surface area (TPSA) is 50.3 Å². The molecular formula is C11H15ClN2O2S2. The fraction of sp³-hybridized carbons (Fsp3) is 0.545. The van der Waals surface area contributed by atoms with E-state index in [0.29, 0.717) is 24.0 Å². The first kappa shape index (κ1) is 14.0. The lowest BCUT2D eigenvalue weighted by Gasteiger charge is -2.35. The molecule has 0 saturated carbocycles. The molecule has 1 aliphatic heterocycles. The van der Waals surface area contributed by atoms with E-state index in [2.05, 4.69) is 4.98 Å². The number of pyridine rings is 1. The van der Waals surface area contributed by atoms with Gasteiger partial charge in [0.05, 0.1) is 0 Å². The Morgan fingerprint density at radius 2 is 2.39 bits per heavy atom. The predicted octanol–water partition coefficient (Wildman–Crippen LogP) is 1.74. The summed E-state index contributed by atoms with van der Waals surface area (Å²) < 4.78 is 23.6. The third-order valence-corrected chi connectivity index (χ3v) is 5.79. The molecule has 1 aromatic heterocycles. The van der Waals surface area contributed by atoms with Gasteiger partial charge in [-0.05, 0) is 17.7 Å². The molecule has 0 amide bonds. The number of anilines is 1. The monoisotopic (exact) mass is 306 g/mol. The van der Waals surface area contributed by atoms with Gasteiger partial charge in [-0.1, -0.05) is 0 Å². The third-order valence-electron chi connectivity index (χ3n) is 2.84. The van der Waals surface area contributed by atoms with E-state index >= 15 is 0 Å². The smallest absolute Gasteiger partial charge is 0.169 e. The molecule has 0 N–H and O–H groups in total. The number of hydrogen-bond acceptors (Lipinski definition) is 5. The minimum Gasteiger partial charge on any atom is -0.338 e. The van der Waals surface area contributed by atoms with Crippen LogP contribution in [0.3, 0.4) is 0 Å². The Morgan fingerprint density at radius 3 is 3.06 bits per heavy atom. The van der Waals surface area contributed by atoms with Crippen molar-refractivity contribution in [2.45, 2.75) is 11.3 Å². The molecule has 18 heavy (non-hydrogen) atoms. The molecule has 1 fully saturated rings. The van der Waals surface area contributed by atoms with E-state index in [1.807, 2.05) is 17.0 Å². The largest absolute Gasteiger partial charge is 0.338 e. The van der Waals surface area contributed by atoms with Gasteiger partial charge in [0.2, 0.25) is 0 Å². The summed E-state index contributed by atoms with van der Waals surface area (Å²) in [6.45, 7) is 0.696. The zero-order valence-electron chi connectivity index (χ0n) is 10.0. The van der Waals surface area contributed by atoms with Crippen LogP contribution in [0.2, 0.25) is 0 Å². The fourth-order valence-corrected chi connectivity index (χ4v) is 4.89. The lowest BCUT2D eigenvalue weighted by atomic mass is 10.3. The minimum absolute atomic E-state index is 0.404. The van der Waals surface area contributed by atoms with E-state index in [1.165, 1.54) is 6.26 Å². The summed E-state index contributed by atoms with van der Waals surface area (Å²) in [6, 6.07) is 3.70. The molecular weight excluding hydrogens is 292 g/mol. The van der Waals surface area contributed by atoms with Crippen LogP contribution in [0.5, 0.6) is 0 Å². The van der Waals surface area contributed by atoms with Crippen LogP contribution in [0, 0.1) is 0 Å². The van der Waals surface area contributed by atoms with Gasteiger partial charge in [-0.15, -0.1) is 11.6 Å². The van der Waals surface area contributed by atoms with E-state index in [4.69, 9.17) is 11.6 Å². The van der Waals surface area contributed by atoms with Crippen LogP contribution < -0.4 is 4.90 Å². The van der Waals surface area contributed by atoms with Crippen molar-refractivity contribution in [3.05, 3.63) is 23.9 Å². The van der Waals surface area contributed by atoms with E-state index in [0.717, 1.165) is 11.3 Å². The quantitative estimate of drug-likeness (QED) is 0.796. The molecule has 2 heterocycles. The molecule has 100 valence electrons. The third kappa shape index (κ3) is 3.10. The Hall–Kier alpha value is -0.460. The van der Waals surface area contributed by atoms with E-state index < -0.39 is 15.2 Å². The first-order valence-electron chi connectivity index (χ1n) is 5.56. The summed E-state index contributed by atoms with van der Waals surface area (Å²) in [4.78, 5) is 6.13. The molecule has 1 aliphatic rings. The number of alkyl halides is 1. The zero-order valence-corrected chi connectivity index (χ0v) is 12.4. The fourth-order valence-electron chi connectivity index (χ4n) is 1.90. The SMILES string of the molecule is CS(=O)(=O)C1CSCCN1c1cc(CCl)ccn1. The van der Waals surface area contributed by atoms with Crippen molar-refractivity contribution in [1.82, 2.24) is 4.98 Å². The van der Waals surface area contributed by atoms with Gasteiger partial charge in [0.1, 0.15) is 11.2 Å². The van der Waals surface area contributed by atoms with Gasteiger partial charge in [-0.2, -0.15) is 11.8 Å². The highest BCUT2D eigenvalue weighted by atomic mass is 35.5. The molecule has 1 atom stereocenters. The van der Waals surface area contributed by atoms with Crippen LogP contribution in [0.1, 0.15) is 5.56 Å². The Bertz CT molecular complexity index is 522. The van der Waals surface area contributed by atoms with Gasteiger partial charge in [-0.25, -0.2) is 13.4 Å².